The number of hydrogen-bond acceptors (Lipinski definition) is 7. The van der Waals surface area contributed by atoms with Gasteiger partial charge in [-0.2, -0.15) is 9.97 Å². The third kappa shape index (κ3) is 5.34. The Morgan fingerprint density at radius 2 is 1.81 bits per heavy atom. The maximum atomic E-state index is 5.65. The minimum absolute atomic E-state index is 0.0123. The summed E-state index contributed by atoms with van der Waals surface area (Å²) in [6, 6.07) is 0.597. The summed E-state index contributed by atoms with van der Waals surface area (Å²) in [6.07, 6.45) is 3.91. The molecule has 0 saturated carbocycles. The molecule has 0 spiro atoms. The van der Waals surface area contributed by atoms with Gasteiger partial charge in [0.1, 0.15) is 6.61 Å². The highest BCUT2D eigenvalue weighted by molar-refractivity contribution is 5.26. The Morgan fingerprint density at radius 1 is 1.10 bits per heavy atom. The molecule has 1 aliphatic rings. The van der Waals surface area contributed by atoms with Crippen LogP contribution in [-0.4, -0.2) is 59.2 Å². The van der Waals surface area contributed by atoms with Crippen molar-refractivity contribution < 1.29 is 9.47 Å². The van der Waals surface area contributed by atoms with Gasteiger partial charge in [0.25, 0.3) is 0 Å². The van der Waals surface area contributed by atoms with Crippen LogP contribution in [0.3, 0.4) is 0 Å². The molecule has 21 heavy (non-hydrogen) atoms. The van der Waals surface area contributed by atoms with Gasteiger partial charge in [0.15, 0.2) is 0 Å². The van der Waals surface area contributed by atoms with E-state index < -0.39 is 0 Å². The Morgan fingerprint density at radius 3 is 2.48 bits per heavy atom. The van der Waals surface area contributed by atoms with Gasteiger partial charge < -0.3 is 14.8 Å². The summed E-state index contributed by atoms with van der Waals surface area (Å²) in [5.41, 5.74) is 0. The van der Waals surface area contributed by atoms with Crippen molar-refractivity contribution >= 4 is 5.95 Å². The van der Waals surface area contributed by atoms with E-state index in [2.05, 4.69) is 25.2 Å². The zero-order valence-electron chi connectivity index (χ0n) is 13.1. The maximum Gasteiger partial charge on any atom is 0.324 e. The standard InChI is InChI=1S/C14H25N5O2/c1-11(2)21-14-17-12(15-3)16-13(18-14)20-10-9-19-7-5-4-6-8-19/h11H,4-10H2,1-3H3,(H,15,16,17,18). The molecule has 1 aliphatic heterocycles. The van der Waals surface area contributed by atoms with Crippen LogP contribution in [0, 0.1) is 0 Å². The molecule has 0 amide bonds. The molecule has 118 valence electrons. The minimum atomic E-state index is 0.0123. The number of hydrogen-bond donors (Lipinski definition) is 1. The Bertz CT molecular complexity index is 435. The quantitative estimate of drug-likeness (QED) is 0.818. The van der Waals surface area contributed by atoms with Gasteiger partial charge in [-0.25, -0.2) is 0 Å². The molecule has 1 saturated heterocycles. The lowest BCUT2D eigenvalue weighted by Crippen LogP contribution is -2.33. The van der Waals surface area contributed by atoms with Crippen molar-refractivity contribution in [1.82, 2.24) is 19.9 Å². The molecule has 1 aromatic heterocycles. The van der Waals surface area contributed by atoms with Crippen molar-refractivity contribution in [2.45, 2.75) is 39.2 Å². The Kier molecular flexibility index (Phi) is 5.98. The van der Waals surface area contributed by atoms with Crippen molar-refractivity contribution in [1.29, 1.82) is 0 Å². The van der Waals surface area contributed by atoms with E-state index in [0.717, 1.165) is 19.6 Å². The van der Waals surface area contributed by atoms with Crippen molar-refractivity contribution in [3.8, 4) is 12.0 Å². The average molecular weight is 295 g/mol. The van der Waals surface area contributed by atoms with Crippen LogP contribution in [0.25, 0.3) is 0 Å². The van der Waals surface area contributed by atoms with Crippen LogP contribution in [0.4, 0.5) is 5.95 Å². The van der Waals surface area contributed by atoms with Gasteiger partial charge in [-0.05, 0) is 39.8 Å². The van der Waals surface area contributed by atoms with E-state index >= 15 is 0 Å². The van der Waals surface area contributed by atoms with Gasteiger partial charge in [-0.3, -0.25) is 4.90 Å². The first-order valence-electron chi connectivity index (χ1n) is 7.63. The summed E-state index contributed by atoms with van der Waals surface area (Å²) >= 11 is 0. The first-order valence-corrected chi connectivity index (χ1v) is 7.63. The summed E-state index contributed by atoms with van der Waals surface area (Å²) in [4.78, 5) is 14.9. The number of aromatic nitrogens is 3. The second-order valence-corrected chi connectivity index (χ2v) is 5.39. The van der Waals surface area contributed by atoms with E-state index in [4.69, 9.17) is 9.47 Å². The van der Waals surface area contributed by atoms with E-state index in [0.29, 0.717) is 18.6 Å². The summed E-state index contributed by atoms with van der Waals surface area (Å²) < 4.78 is 11.2. The van der Waals surface area contributed by atoms with Gasteiger partial charge in [0.05, 0.1) is 6.10 Å². The predicted octanol–water partition coefficient (Wildman–Crippen LogP) is 1.57. The molecule has 0 bridgehead atoms. The van der Waals surface area contributed by atoms with Crippen molar-refractivity contribution in [2.24, 2.45) is 0 Å². The normalized spacial score (nSPS) is 16.0. The van der Waals surface area contributed by atoms with Crippen molar-refractivity contribution in [3.63, 3.8) is 0 Å². The second kappa shape index (κ2) is 7.97. The highest BCUT2D eigenvalue weighted by atomic mass is 16.5. The summed E-state index contributed by atoms with van der Waals surface area (Å²) in [5, 5.41) is 2.89. The number of likely N-dealkylation sites (tertiary alicyclic amines) is 1. The topological polar surface area (TPSA) is 72.4 Å². The van der Waals surface area contributed by atoms with Crippen LogP contribution in [0.15, 0.2) is 0 Å². The van der Waals surface area contributed by atoms with E-state index in [1.807, 2.05) is 13.8 Å². The molecule has 2 rings (SSSR count). The largest absolute Gasteiger partial charge is 0.462 e. The lowest BCUT2D eigenvalue weighted by atomic mass is 10.1. The minimum Gasteiger partial charge on any atom is -0.462 e. The number of nitrogens with one attached hydrogen (secondary N) is 1. The van der Waals surface area contributed by atoms with Crippen LogP contribution < -0.4 is 14.8 Å². The molecule has 1 aromatic rings. The van der Waals surface area contributed by atoms with Crippen molar-refractivity contribution in [3.05, 3.63) is 0 Å². The number of anilines is 1. The molecule has 0 atom stereocenters. The number of piperidine rings is 1. The lowest BCUT2D eigenvalue weighted by molar-refractivity contribution is 0.173. The monoisotopic (exact) mass is 295 g/mol. The first-order chi connectivity index (χ1) is 10.2. The predicted molar refractivity (Wildman–Crippen MR) is 80.9 cm³/mol. The molecule has 0 aliphatic carbocycles. The summed E-state index contributed by atoms with van der Waals surface area (Å²) in [5.74, 6) is 0.452. The fraction of sp³-hybridized carbons (Fsp3) is 0.786. The first kappa shape index (κ1) is 15.8. The van der Waals surface area contributed by atoms with Gasteiger partial charge in [-0.1, -0.05) is 6.42 Å². The molecule has 7 nitrogen and oxygen atoms in total. The molecule has 7 heteroatoms. The summed E-state index contributed by atoms with van der Waals surface area (Å²) in [7, 11) is 1.76. The fourth-order valence-electron chi connectivity index (χ4n) is 2.23. The van der Waals surface area contributed by atoms with Gasteiger partial charge in [0.2, 0.25) is 5.95 Å². The third-order valence-corrected chi connectivity index (χ3v) is 3.25. The summed E-state index contributed by atoms with van der Waals surface area (Å²) in [6.45, 7) is 7.66. The van der Waals surface area contributed by atoms with Gasteiger partial charge in [0, 0.05) is 13.6 Å². The number of nitrogens with zero attached hydrogens (tertiary/aromatic N) is 4. The molecule has 1 N–H and O–H groups in total. The van der Waals surface area contributed by atoms with Crippen LogP contribution >= 0.6 is 0 Å². The Labute approximate surface area is 126 Å². The average Bonchev–Trinajstić information content (AvgIpc) is 2.47. The smallest absolute Gasteiger partial charge is 0.324 e. The maximum absolute atomic E-state index is 5.65. The Balaban J connectivity index is 1.88. The van der Waals surface area contributed by atoms with Crippen LogP contribution in [0.5, 0.6) is 12.0 Å². The van der Waals surface area contributed by atoms with E-state index in [9.17, 15) is 0 Å². The van der Waals surface area contributed by atoms with Crippen LogP contribution in [-0.2, 0) is 0 Å². The molecule has 2 heterocycles. The lowest BCUT2D eigenvalue weighted by Gasteiger charge is -2.25. The zero-order chi connectivity index (χ0) is 15.1. The zero-order valence-corrected chi connectivity index (χ0v) is 13.1. The third-order valence-electron chi connectivity index (χ3n) is 3.25. The molecular weight excluding hydrogens is 270 g/mol. The second-order valence-electron chi connectivity index (χ2n) is 5.39. The van der Waals surface area contributed by atoms with Crippen LogP contribution in [0.1, 0.15) is 33.1 Å². The van der Waals surface area contributed by atoms with Gasteiger partial charge in [-0.15, -0.1) is 4.98 Å². The van der Waals surface area contributed by atoms with Gasteiger partial charge >= 0.3 is 12.0 Å². The van der Waals surface area contributed by atoms with Crippen molar-refractivity contribution in [2.75, 3.05) is 38.6 Å². The molecular formula is C14H25N5O2. The molecule has 0 unspecified atom stereocenters. The van der Waals surface area contributed by atoms with E-state index in [1.54, 1.807) is 7.05 Å². The fourth-order valence-corrected chi connectivity index (χ4v) is 2.23. The number of rotatable bonds is 7. The number of ether oxygens (including phenoxy) is 2. The Hall–Kier alpha value is -1.63. The van der Waals surface area contributed by atoms with Crippen LogP contribution in [0.2, 0.25) is 0 Å². The molecule has 1 fully saturated rings. The SMILES string of the molecule is CNc1nc(OCCN2CCCCC2)nc(OC(C)C)n1. The molecule has 0 radical (unpaired) electrons. The highest BCUT2D eigenvalue weighted by Crippen LogP contribution is 2.14. The highest BCUT2D eigenvalue weighted by Gasteiger charge is 2.12. The van der Waals surface area contributed by atoms with E-state index in [1.165, 1.54) is 19.3 Å². The van der Waals surface area contributed by atoms with E-state index in [-0.39, 0.29) is 12.1 Å². The molecule has 0 aromatic carbocycles.